The van der Waals surface area contributed by atoms with Gasteiger partial charge in [0.25, 0.3) is 0 Å². The van der Waals surface area contributed by atoms with Crippen molar-refractivity contribution in [3.63, 3.8) is 0 Å². The molecule has 2 rings (SSSR count). The highest BCUT2D eigenvalue weighted by Gasteiger charge is 2.39. The van der Waals surface area contributed by atoms with Crippen LogP contribution in [-0.2, 0) is 4.79 Å². The lowest BCUT2D eigenvalue weighted by Gasteiger charge is -2.31. The molecule has 1 saturated carbocycles. The molecule has 2 unspecified atom stereocenters. The van der Waals surface area contributed by atoms with E-state index >= 15 is 0 Å². The Morgan fingerprint density at radius 2 is 1.80 bits per heavy atom. The van der Waals surface area contributed by atoms with E-state index in [2.05, 4.69) is 11.9 Å². The van der Waals surface area contributed by atoms with Crippen LogP contribution in [-0.4, -0.2) is 30.3 Å². The minimum Gasteiger partial charge on any atom is -0.298 e. The van der Waals surface area contributed by atoms with Crippen molar-refractivity contribution in [2.24, 2.45) is 11.8 Å². The van der Waals surface area contributed by atoms with E-state index in [1.54, 1.807) is 6.92 Å². The van der Waals surface area contributed by atoms with Gasteiger partial charge in [-0.1, -0.05) is 32.1 Å². The van der Waals surface area contributed by atoms with Crippen LogP contribution in [0, 0.1) is 11.8 Å². The van der Waals surface area contributed by atoms with Crippen molar-refractivity contribution in [3.8, 4) is 0 Å². The summed E-state index contributed by atoms with van der Waals surface area (Å²) in [5.41, 5.74) is 0. The van der Waals surface area contributed by atoms with Crippen molar-refractivity contribution in [1.82, 2.24) is 4.90 Å². The second kappa shape index (κ2) is 4.65. The van der Waals surface area contributed by atoms with Crippen molar-refractivity contribution in [1.29, 1.82) is 0 Å². The quantitative estimate of drug-likeness (QED) is 0.696. The number of likely N-dealkylation sites (N-methyl/N-ethyl adjacent to an activating group) is 1. The lowest BCUT2D eigenvalue weighted by atomic mass is 9.76. The van der Waals surface area contributed by atoms with E-state index < -0.39 is 0 Å². The Hall–Kier alpha value is -0.370. The first kappa shape index (κ1) is 11.1. The van der Waals surface area contributed by atoms with Crippen molar-refractivity contribution >= 4 is 5.78 Å². The largest absolute Gasteiger partial charge is 0.298 e. The molecule has 2 fully saturated rings. The molecule has 0 N–H and O–H groups in total. The Labute approximate surface area is 93.0 Å². The monoisotopic (exact) mass is 209 g/mol. The smallest absolute Gasteiger partial charge is 0.147 e. The van der Waals surface area contributed by atoms with Crippen molar-refractivity contribution < 1.29 is 4.79 Å². The molecule has 2 aliphatic rings. The standard InChI is InChI=1S/C13H23NO/c1-10(15)13-12(8-9-14(13)2)11-6-4-3-5-7-11/h11-13H,3-9H2,1-2H3. The number of hydrogen-bond acceptors (Lipinski definition) is 2. The second-order valence-electron chi connectivity index (χ2n) is 5.39. The number of likely N-dealkylation sites (tertiary alicyclic amines) is 1. The third kappa shape index (κ3) is 2.25. The van der Waals surface area contributed by atoms with Gasteiger partial charge in [-0.25, -0.2) is 0 Å². The highest BCUT2D eigenvalue weighted by Crippen LogP contribution is 2.38. The summed E-state index contributed by atoms with van der Waals surface area (Å²) < 4.78 is 0. The van der Waals surface area contributed by atoms with Gasteiger partial charge in [0.05, 0.1) is 6.04 Å². The third-order valence-electron chi connectivity index (χ3n) is 4.37. The number of rotatable bonds is 2. The summed E-state index contributed by atoms with van der Waals surface area (Å²) in [4.78, 5) is 13.9. The SMILES string of the molecule is CC(=O)C1C(C2CCCCC2)CCN1C. The molecular formula is C13H23NO. The van der Waals surface area contributed by atoms with Crippen LogP contribution in [0.4, 0.5) is 0 Å². The summed E-state index contributed by atoms with van der Waals surface area (Å²) in [5, 5.41) is 0. The van der Waals surface area contributed by atoms with Gasteiger partial charge < -0.3 is 0 Å². The lowest BCUT2D eigenvalue weighted by molar-refractivity contribution is -0.122. The van der Waals surface area contributed by atoms with Crippen LogP contribution in [0.2, 0.25) is 0 Å². The predicted octanol–water partition coefficient (Wildman–Crippen LogP) is 2.48. The van der Waals surface area contributed by atoms with Crippen LogP contribution in [0.1, 0.15) is 45.4 Å². The zero-order valence-electron chi connectivity index (χ0n) is 10.0. The fourth-order valence-corrected chi connectivity index (χ4v) is 3.64. The third-order valence-corrected chi connectivity index (χ3v) is 4.37. The van der Waals surface area contributed by atoms with Crippen molar-refractivity contribution in [2.45, 2.75) is 51.5 Å². The van der Waals surface area contributed by atoms with Crippen molar-refractivity contribution in [3.05, 3.63) is 0 Å². The summed E-state index contributed by atoms with van der Waals surface area (Å²) in [7, 11) is 2.11. The summed E-state index contributed by atoms with van der Waals surface area (Å²) in [6.45, 7) is 2.88. The Balaban J connectivity index is 2.03. The lowest BCUT2D eigenvalue weighted by Crippen LogP contribution is -2.38. The number of carbonyl (C=O) groups excluding carboxylic acids is 1. The first-order valence-electron chi connectivity index (χ1n) is 6.41. The fraction of sp³-hybridized carbons (Fsp3) is 0.923. The average Bonchev–Trinajstić information content (AvgIpc) is 2.61. The van der Waals surface area contributed by atoms with E-state index in [9.17, 15) is 4.79 Å². The molecule has 0 aromatic carbocycles. The minimum atomic E-state index is 0.230. The molecular weight excluding hydrogens is 186 g/mol. The summed E-state index contributed by atoms with van der Waals surface area (Å²) >= 11 is 0. The number of hydrogen-bond donors (Lipinski definition) is 0. The zero-order chi connectivity index (χ0) is 10.8. The van der Waals surface area contributed by atoms with Crippen LogP contribution < -0.4 is 0 Å². The number of carbonyl (C=O) groups is 1. The molecule has 15 heavy (non-hydrogen) atoms. The summed E-state index contributed by atoms with van der Waals surface area (Å²) in [6.07, 6.45) is 8.14. The molecule has 86 valence electrons. The Bertz CT molecular complexity index is 233. The molecule has 2 heteroatoms. The van der Waals surface area contributed by atoms with E-state index in [0.29, 0.717) is 11.7 Å². The first-order chi connectivity index (χ1) is 7.20. The molecule has 0 spiro atoms. The molecule has 1 aliphatic carbocycles. The minimum absolute atomic E-state index is 0.230. The molecule has 2 atom stereocenters. The molecule has 1 aliphatic heterocycles. The van der Waals surface area contributed by atoms with Crippen LogP contribution in [0.3, 0.4) is 0 Å². The van der Waals surface area contributed by atoms with Gasteiger partial charge in [0, 0.05) is 0 Å². The van der Waals surface area contributed by atoms with Gasteiger partial charge in [-0.3, -0.25) is 9.69 Å². The summed E-state index contributed by atoms with van der Waals surface area (Å²) in [5.74, 6) is 1.87. The molecule has 2 nitrogen and oxygen atoms in total. The zero-order valence-corrected chi connectivity index (χ0v) is 10.0. The van der Waals surface area contributed by atoms with E-state index in [-0.39, 0.29) is 6.04 Å². The molecule has 0 aromatic heterocycles. The second-order valence-corrected chi connectivity index (χ2v) is 5.39. The molecule has 0 bridgehead atoms. The topological polar surface area (TPSA) is 20.3 Å². The van der Waals surface area contributed by atoms with Crippen molar-refractivity contribution in [2.75, 3.05) is 13.6 Å². The maximum atomic E-state index is 11.7. The average molecular weight is 209 g/mol. The Morgan fingerprint density at radius 1 is 1.13 bits per heavy atom. The van der Waals surface area contributed by atoms with Gasteiger partial charge in [-0.05, 0) is 38.8 Å². The van der Waals surface area contributed by atoms with Crippen LogP contribution in [0.5, 0.6) is 0 Å². The maximum Gasteiger partial charge on any atom is 0.147 e. The van der Waals surface area contributed by atoms with Gasteiger partial charge in [0.15, 0.2) is 0 Å². The van der Waals surface area contributed by atoms with Gasteiger partial charge in [-0.2, -0.15) is 0 Å². The highest BCUT2D eigenvalue weighted by atomic mass is 16.1. The van der Waals surface area contributed by atoms with Gasteiger partial charge in [0.1, 0.15) is 5.78 Å². The predicted molar refractivity (Wildman–Crippen MR) is 61.8 cm³/mol. The van der Waals surface area contributed by atoms with Crippen LogP contribution >= 0.6 is 0 Å². The Kier molecular flexibility index (Phi) is 3.45. The molecule has 1 saturated heterocycles. The number of Topliss-reactive ketones (excluding diaryl/α,β-unsaturated/α-hetero) is 1. The molecule has 1 heterocycles. The molecule has 0 amide bonds. The molecule has 0 aromatic rings. The van der Waals surface area contributed by atoms with E-state index in [1.807, 2.05) is 0 Å². The highest BCUT2D eigenvalue weighted by molar-refractivity contribution is 5.82. The van der Waals surface area contributed by atoms with E-state index in [1.165, 1.54) is 38.5 Å². The maximum absolute atomic E-state index is 11.7. The van der Waals surface area contributed by atoms with Crippen LogP contribution in [0.15, 0.2) is 0 Å². The van der Waals surface area contributed by atoms with E-state index in [0.717, 1.165) is 12.5 Å². The first-order valence-corrected chi connectivity index (χ1v) is 6.41. The Morgan fingerprint density at radius 3 is 2.40 bits per heavy atom. The summed E-state index contributed by atoms with van der Waals surface area (Å²) in [6, 6.07) is 0.230. The van der Waals surface area contributed by atoms with E-state index in [4.69, 9.17) is 0 Å². The normalized spacial score (nSPS) is 34.5. The van der Waals surface area contributed by atoms with Gasteiger partial charge >= 0.3 is 0 Å². The van der Waals surface area contributed by atoms with Gasteiger partial charge in [0.2, 0.25) is 0 Å². The number of nitrogens with zero attached hydrogens (tertiary/aromatic N) is 1. The van der Waals surface area contributed by atoms with Crippen LogP contribution in [0.25, 0.3) is 0 Å². The molecule has 0 radical (unpaired) electrons. The fourth-order valence-electron chi connectivity index (χ4n) is 3.64. The van der Waals surface area contributed by atoms with Gasteiger partial charge in [-0.15, -0.1) is 0 Å². The number of ketones is 1.